The molecule has 4 nitrogen and oxygen atoms in total. The van der Waals surface area contributed by atoms with Crippen LogP contribution in [-0.4, -0.2) is 29.1 Å². The fraction of sp³-hybridized carbons (Fsp3) is 0.0952. The summed E-state index contributed by atoms with van der Waals surface area (Å²) in [6, 6.07) is 63.1. The maximum Gasteiger partial charge on any atom is 0.380 e. The van der Waals surface area contributed by atoms with Gasteiger partial charge in [-0.05, 0) is 56.8 Å². The van der Waals surface area contributed by atoms with Gasteiger partial charge < -0.3 is 9.05 Å². The molecule has 0 spiro atoms. The second-order valence-corrected chi connectivity index (χ2v) is 18.2. The Morgan fingerprint density at radius 1 is 0.333 bits per heavy atom. The molecule has 6 aromatic carbocycles. The average Bonchev–Trinajstić information content (AvgIpc) is 3.18. The van der Waals surface area contributed by atoms with Crippen LogP contribution in [0.15, 0.2) is 192 Å². The molecule has 0 saturated carbocycles. The molecule has 0 aliphatic rings. The summed E-state index contributed by atoms with van der Waals surface area (Å²) in [5, 5.41) is 16.2. The van der Waals surface area contributed by atoms with Crippen LogP contribution in [0, 0.1) is 0 Å². The lowest BCUT2D eigenvalue weighted by Crippen LogP contribution is -2.68. The molecule has 0 aromatic heterocycles. The van der Waals surface area contributed by atoms with E-state index in [9.17, 15) is 0 Å². The number of nitrogens with zero attached hydrogens (tertiary/aromatic N) is 2. The van der Waals surface area contributed by atoms with E-state index >= 15 is 0 Å². The lowest BCUT2D eigenvalue weighted by atomic mass is 10.2. The zero-order valence-corrected chi connectivity index (χ0v) is 29.0. The van der Waals surface area contributed by atoms with Crippen LogP contribution in [0.3, 0.4) is 0 Å². The fourth-order valence-corrected chi connectivity index (χ4v) is 13.2. The Kier molecular flexibility index (Phi) is 11.2. The normalized spacial score (nSPS) is 11.9. The molecule has 0 saturated heterocycles. The Morgan fingerprint density at radius 2 is 0.542 bits per heavy atom. The Balaban J connectivity index is 1.12. The fourth-order valence-electron chi connectivity index (χ4n) is 6.16. The Hall–Kier alpha value is -5.31. The van der Waals surface area contributed by atoms with E-state index in [2.05, 4.69) is 156 Å². The van der Waals surface area contributed by atoms with E-state index in [1.54, 1.807) is 0 Å². The van der Waals surface area contributed by atoms with Gasteiger partial charge >= 0.3 is 16.6 Å². The standard InChI is InChI=1S/C42H40N2O2Si2/c1(21-35-43-45-47(37-23-9-3-10-24-37,38-25-11-4-12-26-38)39-27-13-5-14-28-39)2-22-36-44-46-48(40-29-15-6-16-30-40,41-31-17-7-18-32-41)42-33-19-8-20-34-42/h3-20,23-36H,1-2,21-22H2/b43-35+,44-36+. The van der Waals surface area contributed by atoms with Crippen molar-refractivity contribution in [2.45, 2.75) is 25.7 Å². The van der Waals surface area contributed by atoms with Crippen LogP contribution in [0.4, 0.5) is 0 Å². The van der Waals surface area contributed by atoms with Gasteiger partial charge in [-0.3, -0.25) is 0 Å². The maximum absolute atomic E-state index is 6.66. The SMILES string of the molecule is C(/CCCC/C=N/O[Si](c1ccccc1)(c1ccccc1)c1ccccc1)=N\O[Si](c1ccccc1)(c1ccccc1)c1ccccc1. The van der Waals surface area contributed by atoms with Gasteiger partial charge in [0.15, 0.2) is 0 Å². The summed E-state index contributed by atoms with van der Waals surface area (Å²) in [7, 11) is -5.69. The van der Waals surface area contributed by atoms with Gasteiger partial charge in [-0.1, -0.05) is 182 Å². The first-order valence-corrected chi connectivity index (χ1v) is 20.4. The minimum absolute atomic E-state index is 0.814. The van der Waals surface area contributed by atoms with Crippen molar-refractivity contribution in [1.29, 1.82) is 0 Å². The van der Waals surface area contributed by atoms with Gasteiger partial charge in [-0.15, -0.1) is 10.3 Å². The highest BCUT2D eigenvalue weighted by Gasteiger charge is 2.45. The number of unbranched alkanes of at least 4 members (excludes halogenated alkanes) is 3. The van der Waals surface area contributed by atoms with Crippen LogP contribution in [0.5, 0.6) is 0 Å². The number of oxime groups is 2. The van der Waals surface area contributed by atoms with Gasteiger partial charge in [0, 0.05) is 12.4 Å². The van der Waals surface area contributed by atoms with Crippen LogP contribution in [0.1, 0.15) is 25.7 Å². The van der Waals surface area contributed by atoms with E-state index in [0.717, 1.165) is 56.8 Å². The Morgan fingerprint density at radius 3 is 0.750 bits per heavy atom. The van der Waals surface area contributed by atoms with Crippen molar-refractivity contribution in [2.75, 3.05) is 0 Å². The number of hydrogen-bond donors (Lipinski definition) is 0. The summed E-state index contributed by atoms with van der Waals surface area (Å²) < 4.78 is 13.3. The number of rotatable bonds is 15. The van der Waals surface area contributed by atoms with E-state index < -0.39 is 16.6 Å². The topological polar surface area (TPSA) is 43.2 Å². The predicted molar refractivity (Wildman–Crippen MR) is 206 cm³/mol. The van der Waals surface area contributed by atoms with Crippen molar-refractivity contribution in [3.05, 3.63) is 182 Å². The van der Waals surface area contributed by atoms with Gasteiger partial charge in [0.2, 0.25) is 0 Å². The van der Waals surface area contributed by atoms with Crippen molar-refractivity contribution in [3.63, 3.8) is 0 Å². The van der Waals surface area contributed by atoms with Crippen LogP contribution in [0.25, 0.3) is 0 Å². The van der Waals surface area contributed by atoms with Crippen LogP contribution in [0.2, 0.25) is 0 Å². The third kappa shape index (κ3) is 7.30. The first-order chi connectivity index (χ1) is 23.8. The zero-order chi connectivity index (χ0) is 32.7. The molecule has 6 rings (SSSR count). The Labute approximate surface area is 286 Å². The molecule has 0 aliphatic carbocycles. The van der Waals surface area contributed by atoms with Gasteiger partial charge in [-0.25, -0.2) is 0 Å². The highest BCUT2D eigenvalue weighted by atomic mass is 28.4. The summed E-state index contributed by atoms with van der Waals surface area (Å²) in [6.45, 7) is 0. The van der Waals surface area contributed by atoms with Gasteiger partial charge in [-0.2, -0.15) is 0 Å². The van der Waals surface area contributed by atoms with E-state index in [1.165, 1.54) is 0 Å². The third-order valence-corrected chi connectivity index (χ3v) is 16.2. The summed E-state index contributed by atoms with van der Waals surface area (Å²) >= 11 is 0. The molecule has 0 atom stereocenters. The molecule has 6 aromatic rings. The molecule has 0 amide bonds. The number of benzene rings is 6. The van der Waals surface area contributed by atoms with Crippen molar-refractivity contribution in [2.24, 2.45) is 10.3 Å². The average molecular weight is 661 g/mol. The molecule has 0 bridgehead atoms. The second-order valence-electron chi connectivity index (χ2n) is 11.6. The van der Waals surface area contributed by atoms with Crippen molar-refractivity contribution >= 4 is 60.2 Å². The quantitative estimate of drug-likeness (QED) is 0.0454. The van der Waals surface area contributed by atoms with E-state index in [0.29, 0.717) is 0 Å². The second kappa shape index (κ2) is 16.5. The van der Waals surface area contributed by atoms with E-state index in [1.807, 2.05) is 48.8 Å². The van der Waals surface area contributed by atoms with Crippen LogP contribution in [-0.2, 0) is 9.05 Å². The molecule has 48 heavy (non-hydrogen) atoms. The van der Waals surface area contributed by atoms with Gasteiger partial charge in [0.25, 0.3) is 0 Å². The molecule has 0 heterocycles. The van der Waals surface area contributed by atoms with E-state index in [4.69, 9.17) is 9.05 Å². The molecule has 0 aliphatic heterocycles. The minimum Gasteiger partial charge on any atom is -0.438 e. The van der Waals surface area contributed by atoms with Crippen LogP contribution >= 0.6 is 0 Å². The monoisotopic (exact) mass is 660 g/mol. The lowest BCUT2D eigenvalue weighted by molar-refractivity contribution is 0.349. The molecular weight excluding hydrogens is 621 g/mol. The Bertz CT molecular complexity index is 1520. The summed E-state index contributed by atoms with van der Waals surface area (Å²) in [5.41, 5.74) is 0. The predicted octanol–water partition coefficient (Wildman–Crippen LogP) is 5.89. The summed E-state index contributed by atoms with van der Waals surface area (Å²) in [4.78, 5) is 0. The minimum atomic E-state index is -2.84. The highest BCUT2D eigenvalue weighted by molar-refractivity contribution is 7.07. The first-order valence-electron chi connectivity index (χ1n) is 16.6. The summed E-state index contributed by atoms with van der Waals surface area (Å²) in [6.07, 6.45) is 7.40. The van der Waals surface area contributed by atoms with Crippen molar-refractivity contribution in [3.8, 4) is 0 Å². The van der Waals surface area contributed by atoms with E-state index in [-0.39, 0.29) is 0 Å². The van der Waals surface area contributed by atoms with Crippen molar-refractivity contribution in [1.82, 2.24) is 0 Å². The third-order valence-electron chi connectivity index (χ3n) is 8.53. The molecule has 0 N–H and O–H groups in total. The largest absolute Gasteiger partial charge is 0.438 e. The molecule has 238 valence electrons. The maximum atomic E-state index is 6.66. The van der Waals surface area contributed by atoms with Crippen molar-refractivity contribution < 1.29 is 9.05 Å². The highest BCUT2D eigenvalue weighted by Crippen LogP contribution is 2.12. The van der Waals surface area contributed by atoms with Crippen LogP contribution < -0.4 is 31.1 Å². The molecule has 0 fully saturated rings. The first kappa shape index (κ1) is 32.6. The molecule has 6 heteroatoms. The van der Waals surface area contributed by atoms with Gasteiger partial charge in [0.1, 0.15) is 0 Å². The van der Waals surface area contributed by atoms with Gasteiger partial charge in [0.05, 0.1) is 0 Å². The lowest BCUT2D eigenvalue weighted by Gasteiger charge is -2.30. The number of hydrogen-bond acceptors (Lipinski definition) is 4. The molecule has 0 unspecified atom stereocenters. The molecular formula is C42H40N2O2Si2. The molecule has 0 radical (unpaired) electrons. The smallest absolute Gasteiger partial charge is 0.380 e. The summed E-state index contributed by atoms with van der Waals surface area (Å²) in [5.74, 6) is 0. The zero-order valence-electron chi connectivity index (χ0n) is 27.0.